The van der Waals surface area contributed by atoms with Crippen LogP contribution in [0.1, 0.15) is 20.3 Å². The molecule has 0 aromatic heterocycles. The number of rotatable bonds is 6. The second kappa shape index (κ2) is 6.47. The monoisotopic (exact) mass is 250 g/mol. The minimum absolute atomic E-state index is 0.376. The molecule has 94 valence electrons. The molecule has 7 heteroatoms. The van der Waals surface area contributed by atoms with E-state index in [9.17, 15) is 13.8 Å². The van der Waals surface area contributed by atoms with Gasteiger partial charge in [-0.1, -0.05) is 0 Å². The Bertz CT molecular complexity index is 291. The number of carbonyl (C=O) groups is 2. The number of aliphatic carboxylic acids is 1. The lowest BCUT2D eigenvalue weighted by Gasteiger charge is -2.21. The number of carbonyl (C=O) groups excluding carboxylic acids is 1. The maximum absolute atomic E-state index is 11.2. The van der Waals surface area contributed by atoms with Crippen molar-refractivity contribution in [2.75, 3.05) is 18.6 Å². The molecule has 0 aromatic carbocycles. The maximum atomic E-state index is 11.2. The third-order valence-corrected chi connectivity index (χ3v) is 2.72. The fraction of sp³-hybridized carbons (Fsp3) is 0.778. The van der Waals surface area contributed by atoms with Crippen molar-refractivity contribution in [2.24, 2.45) is 0 Å². The molecule has 0 aliphatic rings. The molecule has 3 N–H and O–H groups in total. The first kappa shape index (κ1) is 14.9. The molecular weight excluding hydrogens is 232 g/mol. The summed E-state index contributed by atoms with van der Waals surface area (Å²) in [6, 6.07) is -0.533. The third-order valence-electron chi connectivity index (χ3n) is 1.85. The van der Waals surface area contributed by atoms with E-state index in [1.807, 2.05) is 0 Å². The van der Waals surface area contributed by atoms with E-state index < -0.39 is 28.3 Å². The van der Waals surface area contributed by atoms with E-state index >= 15 is 0 Å². The zero-order chi connectivity index (χ0) is 12.8. The van der Waals surface area contributed by atoms with Crippen molar-refractivity contribution in [3.63, 3.8) is 0 Å². The SMILES string of the molecule is CS(=O)CCCNC(=O)NC(C)(C)C(=O)O. The molecule has 0 saturated heterocycles. The highest BCUT2D eigenvalue weighted by molar-refractivity contribution is 7.84. The van der Waals surface area contributed by atoms with Gasteiger partial charge in [0.25, 0.3) is 0 Å². The van der Waals surface area contributed by atoms with Crippen LogP contribution in [0.3, 0.4) is 0 Å². The highest BCUT2D eigenvalue weighted by Crippen LogP contribution is 2.00. The molecule has 0 saturated carbocycles. The number of carboxylic acid groups (broad SMARTS) is 1. The van der Waals surface area contributed by atoms with Crippen molar-refractivity contribution in [1.82, 2.24) is 10.6 Å². The molecule has 0 fully saturated rings. The number of hydrogen-bond acceptors (Lipinski definition) is 3. The second-order valence-corrected chi connectivity index (χ2v) is 5.50. The molecule has 1 unspecified atom stereocenters. The first-order valence-corrected chi connectivity index (χ1v) is 6.58. The number of nitrogens with one attached hydrogen (secondary N) is 2. The van der Waals surface area contributed by atoms with E-state index in [1.165, 1.54) is 13.8 Å². The van der Waals surface area contributed by atoms with E-state index in [4.69, 9.17) is 5.11 Å². The number of carboxylic acids is 1. The molecule has 0 heterocycles. The van der Waals surface area contributed by atoms with Gasteiger partial charge >= 0.3 is 12.0 Å². The molecule has 0 spiro atoms. The Morgan fingerprint density at radius 2 is 1.94 bits per heavy atom. The molecule has 1 atom stereocenters. The zero-order valence-corrected chi connectivity index (χ0v) is 10.5. The van der Waals surface area contributed by atoms with Gasteiger partial charge in [-0.3, -0.25) is 4.21 Å². The van der Waals surface area contributed by atoms with Crippen LogP contribution in [0.2, 0.25) is 0 Å². The summed E-state index contributed by atoms with van der Waals surface area (Å²) < 4.78 is 10.7. The molecule has 0 aliphatic carbocycles. The molecule has 0 rings (SSSR count). The average molecular weight is 250 g/mol. The lowest BCUT2D eigenvalue weighted by Crippen LogP contribution is -2.53. The van der Waals surface area contributed by atoms with E-state index in [0.29, 0.717) is 18.7 Å². The van der Waals surface area contributed by atoms with Crippen LogP contribution in [0.15, 0.2) is 0 Å². The Balaban J connectivity index is 3.83. The van der Waals surface area contributed by atoms with E-state index in [1.54, 1.807) is 6.26 Å². The highest BCUT2D eigenvalue weighted by Gasteiger charge is 2.28. The molecule has 0 bridgehead atoms. The smallest absolute Gasteiger partial charge is 0.328 e. The Morgan fingerprint density at radius 3 is 2.38 bits per heavy atom. The van der Waals surface area contributed by atoms with Crippen molar-refractivity contribution < 1.29 is 18.9 Å². The van der Waals surface area contributed by atoms with Gasteiger partial charge in [0.2, 0.25) is 0 Å². The predicted octanol–water partition coefficient (Wildman–Crippen LogP) is -0.0826. The average Bonchev–Trinajstić information content (AvgIpc) is 2.11. The van der Waals surface area contributed by atoms with Crippen LogP contribution < -0.4 is 10.6 Å². The fourth-order valence-corrected chi connectivity index (χ4v) is 1.41. The summed E-state index contributed by atoms with van der Waals surface area (Å²) in [4.78, 5) is 21.9. The highest BCUT2D eigenvalue weighted by atomic mass is 32.2. The van der Waals surface area contributed by atoms with Gasteiger partial charge in [0.05, 0.1) is 0 Å². The summed E-state index contributed by atoms with van der Waals surface area (Å²) in [7, 11) is -0.872. The number of urea groups is 1. The Morgan fingerprint density at radius 1 is 1.38 bits per heavy atom. The molecule has 0 aliphatic heterocycles. The summed E-state index contributed by atoms with van der Waals surface area (Å²) in [5, 5.41) is 13.6. The zero-order valence-electron chi connectivity index (χ0n) is 9.70. The normalized spacial score (nSPS) is 12.9. The quantitative estimate of drug-likeness (QED) is 0.574. The lowest BCUT2D eigenvalue weighted by atomic mass is 10.1. The largest absolute Gasteiger partial charge is 0.480 e. The van der Waals surface area contributed by atoms with Gasteiger partial charge in [-0.15, -0.1) is 0 Å². The Labute approximate surface area is 97.3 Å². The first-order chi connectivity index (χ1) is 7.25. The van der Waals surface area contributed by atoms with Crippen molar-refractivity contribution in [2.45, 2.75) is 25.8 Å². The van der Waals surface area contributed by atoms with E-state index in [2.05, 4.69) is 10.6 Å². The lowest BCUT2D eigenvalue weighted by molar-refractivity contribution is -0.142. The summed E-state index contributed by atoms with van der Waals surface area (Å²) >= 11 is 0. The van der Waals surface area contributed by atoms with E-state index in [-0.39, 0.29) is 0 Å². The Kier molecular flexibility index (Phi) is 6.02. The standard InChI is InChI=1S/C9H18N2O4S/c1-9(2,7(12)13)11-8(14)10-5-4-6-16(3)15/h4-6H2,1-3H3,(H,12,13)(H2,10,11,14). The summed E-state index contributed by atoms with van der Waals surface area (Å²) in [6.07, 6.45) is 2.19. The van der Waals surface area contributed by atoms with Gasteiger partial charge in [-0.05, 0) is 20.3 Å². The van der Waals surface area contributed by atoms with Crippen LogP contribution in [0.25, 0.3) is 0 Å². The van der Waals surface area contributed by atoms with Gasteiger partial charge < -0.3 is 15.7 Å². The fourth-order valence-electron chi connectivity index (χ4n) is 0.859. The minimum atomic E-state index is -1.29. The van der Waals surface area contributed by atoms with Crippen molar-refractivity contribution >= 4 is 22.8 Å². The van der Waals surface area contributed by atoms with Crippen LogP contribution in [0.4, 0.5) is 4.79 Å². The maximum Gasteiger partial charge on any atom is 0.328 e. The van der Waals surface area contributed by atoms with Gasteiger partial charge in [-0.2, -0.15) is 0 Å². The molecule has 0 radical (unpaired) electrons. The Hall–Kier alpha value is -1.11. The summed E-state index contributed by atoms with van der Waals surface area (Å²) in [6.45, 7) is 3.17. The van der Waals surface area contributed by atoms with Crippen molar-refractivity contribution in [3.8, 4) is 0 Å². The molecule has 6 nitrogen and oxygen atoms in total. The van der Waals surface area contributed by atoms with Crippen LogP contribution >= 0.6 is 0 Å². The van der Waals surface area contributed by atoms with Crippen LogP contribution in [-0.4, -0.2) is 45.4 Å². The molecule has 2 amide bonds. The van der Waals surface area contributed by atoms with E-state index in [0.717, 1.165) is 0 Å². The van der Waals surface area contributed by atoms with Crippen molar-refractivity contribution in [3.05, 3.63) is 0 Å². The van der Waals surface area contributed by atoms with Gasteiger partial charge in [-0.25, -0.2) is 9.59 Å². The summed E-state index contributed by atoms with van der Waals surface area (Å²) in [5.41, 5.74) is -1.29. The van der Waals surface area contributed by atoms with Crippen LogP contribution in [0.5, 0.6) is 0 Å². The van der Waals surface area contributed by atoms with Gasteiger partial charge in [0.15, 0.2) is 0 Å². The van der Waals surface area contributed by atoms with Crippen LogP contribution in [0, 0.1) is 0 Å². The second-order valence-electron chi connectivity index (χ2n) is 3.94. The molecule has 16 heavy (non-hydrogen) atoms. The summed E-state index contributed by atoms with van der Waals surface area (Å²) in [5.74, 6) is -0.583. The number of hydrogen-bond donors (Lipinski definition) is 3. The van der Waals surface area contributed by atoms with Gasteiger partial charge in [0, 0.05) is 29.4 Å². The minimum Gasteiger partial charge on any atom is -0.480 e. The first-order valence-electron chi connectivity index (χ1n) is 4.85. The van der Waals surface area contributed by atoms with Crippen LogP contribution in [-0.2, 0) is 15.6 Å². The number of amides is 2. The van der Waals surface area contributed by atoms with Crippen molar-refractivity contribution in [1.29, 1.82) is 0 Å². The molecule has 0 aromatic rings. The van der Waals surface area contributed by atoms with Gasteiger partial charge in [0.1, 0.15) is 5.54 Å². The molecular formula is C9H18N2O4S. The predicted molar refractivity (Wildman–Crippen MR) is 61.8 cm³/mol. The topological polar surface area (TPSA) is 95.5 Å². The third kappa shape index (κ3) is 6.39.